The van der Waals surface area contributed by atoms with Crippen LogP contribution < -0.4 is 0 Å². The quantitative estimate of drug-likeness (QED) is 0.914. The Morgan fingerprint density at radius 3 is 2.82 bits per heavy atom. The van der Waals surface area contributed by atoms with Gasteiger partial charge in [0.25, 0.3) is 0 Å². The number of benzene rings is 1. The third-order valence-corrected chi connectivity index (χ3v) is 2.95. The molecule has 0 aliphatic carbocycles. The first kappa shape index (κ1) is 12.1. The van der Waals surface area contributed by atoms with E-state index in [-0.39, 0.29) is 19.0 Å². The Balaban J connectivity index is 2.31. The molecule has 90 valence electrons. The van der Waals surface area contributed by atoms with E-state index in [0.717, 1.165) is 11.3 Å². The summed E-state index contributed by atoms with van der Waals surface area (Å²) in [6.07, 6.45) is 1.69. The highest BCUT2D eigenvalue weighted by Crippen LogP contribution is 2.20. The van der Waals surface area contributed by atoms with Crippen LogP contribution in [0, 0.1) is 12.7 Å². The van der Waals surface area contributed by atoms with Gasteiger partial charge in [-0.25, -0.2) is 4.39 Å². The van der Waals surface area contributed by atoms with E-state index >= 15 is 0 Å². The second-order valence-corrected chi connectivity index (χ2v) is 4.20. The predicted octanol–water partition coefficient (Wildman–Crippen LogP) is 2.52. The molecule has 17 heavy (non-hydrogen) atoms. The zero-order valence-corrected chi connectivity index (χ0v) is 10.1. The number of aliphatic hydroxyl groups is 1. The molecule has 0 amide bonds. The summed E-state index contributed by atoms with van der Waals surface area (Å²) in [6.45, 7) is 1.98. The minimum atomic E-state index is -0.351. The number of rotatable bonds is 3. The molecule has 0 aliphatic rings. The first-order valence-electron chi connectivity index (χ1n) is 5.18. The second kappa shape index (κ2) is 4.85. The maximum Gasteiger partial charge on any atom is 0.129 e. The molecule has 0 unspecified atom stereocenters. The van der Waals surface area contributed by atoms with Crippen LogP contribution in [0.25, 0.3) is 0 Å². The largest absolute Gasteiger partial charge is 0.392 e. The van der Waals surface area contributed by atoms with Gasteiger partial charge in [0.05, 0.1) is 18.8 Å². The van der Waals surface area contributed by atoms with Gasteiger partial charge in [0.15, 0.2) is 0 Å². The van der Waals surface area contributed by atoms with Crippen LogP contribution >= 0.6 is 11.6 Å². The molecule has 0 saturated carbocycles. The van der Waals surface area contributed by atoms with Gasteiger partial charge in [-0.3, -0.25) is 4.68 Å². The molecule has 0 saturated heterocycles. The summed E-state index contributed by atoms with van der Waals surface area (Å²) < 4.78 is 15.1. The van der Waals surface area contributed by atoms with Gasteiger partial charge in [0.1, 0.15) is 5.82 Å². The summed E-state index contributed by atoms with van der Waals surface area (Å²) in [5.74, 6) is -0.351. The van der Waals surface area contributed by atoms with Crippen molar-refractivity contribution < 1.29 is 9.50 Å². The molecule has 0 aliphatic heterocycles. The van der Waals surface area contributed by atoms with Gasteiger partial charge < -0.3 is 5.11 Å². The molecule has 3 nitrogen and oxygen atoms in total. The van der Waals surface area contributed by atoms with E-state index in [4.69, 9.17) is 16.7 Å². The van der Waals surface area contributed by atoms with Crippen LogP contribution in [-0.2, 0) is 13.2 Å². The van der Waals surface area contributed by atoms with E-state index in [9.17, 15) is 4.39 Å². The van der Waals surface area contributed by atoms with Gasteiger partial charge in [-0.15, -0.1) is 0 Å². The number of aryl methyl sites for hydroxylation is 1. The number of hydrogen-bond acceptors (Lipinski definition) is 2. The monoisotopic (exact) mass is 254 g/mol. The predicted molar refractivity (Wildman–Crippen MR) is 63.4 cm³/mol. The van der Waals surface area contributed by atoms with E-state index < -0.39 is 0 Å². The zero-order valence-electron chi connectivity index (χ0n) is 9.32. The number of hydrogen-bond donors (Lipinski definition) is 1. The van der Waals surface area contributed by atoms with E-state index in [1.54, 1.807) is 29.9 Å². The first-order valence-corrected chi connectivity index (χ1v) is 5.56. The Kier molecular flexibility index (Phi) is 3.45. The van der Waals surface area contributed by atoms with Crippen molar-refractivity contribution in [1.29, 1.82) is 0 Å². The van der Waals surface area contributed by atoms with Crippen LogP contribution in [0.2, 0.25) is 5.02 Å². The van der Waals surface area contributed by atoms with Crippen molar-refractivity contribution in [3.63, 3.8) is 0 Å². The third-order valence-electron chi connectivity index (χ3n) is 2.60. The smallest absolute Gasteiger partial charge is 0.129 e. The normalized spacial score (nSPS) is 10.8. The van der Waals surface area contributed by atoms with Crippen molar-refractivity contribution in [3.05, 3.63) is 52.1 Å². The lowest BCUT2D eigenvalue weighted by Gasteiger charge is -2.05. The number of halogens is 2. The maximum atomic E-state index is 13.6. The number of aromatic nitrogens is 2. The first-order chi connectivity index (χ1) is 8.11. The zero-order chi connectivity index (χ0) is 12.4. The van der Waals surface area contributed by atoms with Gasteiger partial charge in [-0.1, -0.05) is 17.7 Å². The van der Waals surface area contributed by atoms with Crippen molar-refractivity contribution in [1.82, 2.24) is 9.78 Å². The van der Waals surface area contributed by atoms with Crippen LogP contribution in [0.15, 0.2) is 24.4 Å². The van der Waals surface area contributed by atoms with Crippen molar-refractivity contribution in [2.24, 2.45) is 0 Å². The fraction of sp³-hybridized carbons (Fsp3) is 0.250. The lowest BCUT2D eigenvalue weighted by atomic mass is 10.2. The maximum absolute atomic E-state index is 13.6. The van der Waals surface area contributed by atoms with Crippen LogP contribution in [0.1, 0.15) is 16.8 Å². The summed E-state index contributed by atoms with van der Waals surface area (Å²) in [4.78, 5) is 0. The molecule has 0 atom stereocenters. The van der Waals surface area contributed by atoms with Crippen LogP contribution in [0.5, 0.6) is 0 Å². The van der Waals surface area contributed by atoms with Crippen molar-refractivity contribution in [3.8, 4) is 0 Å². The standard InChI is InChI=1S/C12H12ClFN2O/c1-8-9(7-17)5-16(15-8)6-10-11(13)3-2-4-12(10)14/h2-5,17H,6-7H2,1H3. The van der Waals surface area contributed by atoms with E-state index in [0.29, 0.717) is 10.6 Å². The highest BCUT2D eigenvalue weighted by molar-refractivity contribution is 6.31. The van der Waals surface area contributed by atoms with Crippen LogP contribution in [0.4, 0.5) is 4.39 Å². The summed E-state index contributed by atoms with van der Waals surface area (Å²) in [5, 5.41) is 13.6. The van der Waals surface area contributed by atoms with Gasteiger partial charge in [0.2, 0.25) is 0 Å². The Hall–Kier alpha value is -1.39. The molecule has 0 fully saturated rings. The Morgan fingerprint density at radius 2 is 2.24 bits per heavy atom. The highest BCUT2D eigenvalue weighted by atomic mass is 35.5. The Labute approximate surface area is 103 Å². The molecule has 1 aromatic heterocycles. The van der Waals surface area contributed by atoms with Gasteiger partial charge in [-0.2, -0.15) is 5.10 Å². The Bertz CT molecular complexity index is 519. The van der Waals surface area contributed by atoms with E-state index in [1.165, 1.54) is 6.07 Å². The highest BCUT2D eigenvalue weighted by Gasteiger charge is 2.10. The average Bonchev–Trinajstić information content (AvgIpc) is 2.64. The minimum Gasteiger partial charge on any atom is -0.392 e. The summed E-state index contributed by atoms with van der Waals surface area (Å²) >= 11 is 5.93. The lowest BCUT2D eigenvalue weighted by molar-refractivity contribution is 0.281. The summed E-state index contributed by atoms with van der Waals surface area (Å²) in [6, 6.07) is 4.57. The van der Waals surface area contributed by atoms with Crippen molar-refractivity contribution >= 4 is 11.6 Å². The molecule has 1 N–H and O–H groups in total. The van der Waals surface area contributed by atoms with Crippen LogP contribution in [0.3, 0.4) is 0 Å². The molecule has 5 heteroatoms. The molecule has 0 radical (unpaired) electrons. The van der Waals surface area contributed by atoms with Crippen LogP contribution in [-0.4, -0.2) is 14.9 Å². The molecule has 1 aromatic carbocycles. The fourth-order valence-electron chi connectivity index (χ4n) is 1.64. The van der Waals surface area contributed by atoms with Crippen molar-refractivity contribution in [2.75, 3.05) is 0 Å². The van der Waals surface area contributed by atoms with Gasteiger partial charge in [-0.05, 0) is 19.1 Å². The number of nitrogens with zero attached hydrogens (tertiary/aromatic N) is 2. The molecular formula is C12H12ClFN2O. The van der Waals surface area contributed by atoms with Gasteiger partial charge in [0, 0.05) is 22.3 Å². The van der Waals surface area contributed by atoms with E-state index in [2.05, 4.69) is 5.10 Å². The molecule has 2 aromatic rings. The van der Waals surface area contributed by atoms with Crippen molar-refractivity contribution in [2.45, 2.75) is 20.1 Å². The van der Waals surface area contributed by atoms with E-state index in [1.807, 2.05) is 0 Å². The molecule has 1 heterocycles. The molecular weight excluding hydrogens is 243 g/mol. The average molecular weight is 255 g/mol. The fourth-order valence-corrected chi connectivity index (χ4v) is 1.86. The third kappa shape index (κ3) is 2.48. The molecule has 2 rings (SSSR count). The summed E-state index contributed by atoms with van der Waals surface area (Å²) in [7, 11) is 0. The number of aliphatic hydroxyl groups excluding tert-OH is 1. The Morgan fingerprint density at radius 1 is 1.47 bits per heavy atom. The topological polar surface area (TPSA) is 38.0 Å². The molecule has 0 spiro atoms. The summed E-state index contributed by atoms with van der Waals surface area (Å²) in [5.41, 5.74) is 1.87. The molecule has 0 bridgehead atoms. The minimum absolute atomic E-state index is 0.0726. The second-order valence-electron chi connectivity index (χ2n) is 3.80. The SMILES string of the molecule is Cc1nn(Cc2c(F)cccc2Cl)cc1CO. The lowest BCUT2D eigenvalue weighted by Crippen LogP contribution is -2.03. The van der Waals surface area contributed by atoms with Gasteiger partial charge >= 0.3 is 0 Å².